The van der Waals surface area contributed by atoms with Crippen LogP contribution in [0.5, 0.6) is 0 Å². The van der Waals surface area contributed by atoms with Crippen molar-refractivity contribution in [1.29, 1.82) is 0 Å². The minimum atomic E-state index is -3.66. The van der Waals surface area contributed by atoms with Gasteiger partial charge in [0.05, 0.1) is 17.1 Å². The Morgan fingerprint density at radius 2 is 1.81 bits per heavy atom. The summed E-state index contributed by atoms with van der Waals surface area (Å²) in [6.07, 6.45) is 0. The molecule has 1 amide bonds. The lowest BCUT2D eigenvalue weighted by atomic mass is 10.1. The standard InChI is InChI=1S/C20H20N2O3S2/c1-15-13-16(20(23)22(2)14-17-7-6-12-26-17)10-11-19(15)21-27(24,25)18-8-4-3-5-9-18/h3-13,21H,14H2,1-2H3. The van der Waals surface area contributed by atoms with E-state index in [0.29, 0.717) is 23.4 Å². The number of amides is 1. The molecule has 0 saturated heterocycles. The van der Waals surface area contributed by atoms with Gasteiger partial charge in [-0.1, -0.05) is 24.3 Å². The number of anilines is 1. The Bertz CT molecular complexity index is 1030. The second-order valence-corrected chi connectivity index (χ2v) is 8.90. The summed E-state index contributed by atoms with van der Waals surface area (Å²) in [4.78, 5) is 15.6. The van der Waals surface area contributed by atoms with E-state index in [1.807, 2.05) is 17.5 Å². The van der Waals surface area contributed by atoms with Crippen LogP contribution in [-0.2, 0) is 16.6 Å². The van der Waals surface area contributed by atoms with Gasteiger partial charge in [-0.15, -0.1) is 11.3 Å². The Morgan fingerprint density at radius 1 is 1.07 bits per heavy atom. The summed E-state index contributed by atoms with van der Waals surface area (Å²) in [7, 11) is -1.91. The summed E-state index contributed by atoms with van der Waals surface area (Å²) < 4.78 is 27.5. The molecular weight excluding hydrogens is 380 g/mol. The van der Waals surface area contributed by atoms with Gasteiger partial charge in [0.1, 0.15) is 0 Å². The van der Waals surface area contributed by atoms with E-state index in [2.05, 4.69) is 4.72 Å². The number of aryl methyl sites for hydroxylation is 1. The summed E-state index contributed by atoms with van der Waals surface area (Å²) in [6.45, 7) is 2.32. The third-order valence-electron chi connectivity index (χ3n) is 4.09. The minimum Gasteiger partial charge on any atom is -0.337 e. The van der Waals surface area contributed by atoms with E-state index in [4.69, 9.17) is 0 Å². The number of carbonyl (C=O) groups excluding carboxylic acids is 1. The van der Waals surface area contributed by atoms with Crippen LogP contribution in [0.25, 0.3) is 0 Å². The molecule has 1 heterocycles. The number of thiophene rings is 1. The van der Waals surface area contributed by atoms with Gasteiger partial charge in [0.15, 0.2) is 0 Å². The molecule has 0 aliphatic carbocycles. The predicted octanol–water partition coefficient (Wildman–Crippen LogP) is 4.13. The van der Waals surface area contributed by atoms with Gasteiger partial charge in [0.25, 0.3) is 15.9 Å². The number of hydrogen-bond donors (Lipinski definition) is 1. The lowest BCUT2D eigenvalue weighted by Crippen LogP contribution is -2.26. The van der Waals surface area contributed by atoms with Crippen molar-refractivity contribution in [1.82, 2.24) is 4.90 Å². The van der Waals surface area contributed by atoms with Crippen molar-refractivity contribution >= 4 is 33.0 Å². The van der Waals surface area contributed by atoms with Gasteiger partial charge in [0.2, 0.25) is 0 Å². The second-order valence-electron chi connectivity index (χ2n) is 6.19. The normalized spacial score (nSPS) is 11.2. The van der Waals surface area contributed by atoms with Crippen LogP contribution in [0.4, 0.5) is 5.69 Å². The van der Waals surface area contributed by atoms with E-state index < -0.39 is 10.0 Å². The molecule has 0 bridgehead atoms. The molecule has 0 saturated carbocycles. The van der Waals surface area contributed by atoms with Crippen LogP contribution in [0.2, 0.25) is 0 Å². The molecule has 0 atom stereocenters. The molecule has 0 spiro atoms. The Labute approximate surface area is 163 Å². The van der Waals surface area contributed by atoms with Crippen LogP contribution in [0.15, 0.2) is 70.9 Å². The first-order chi connectivity index (χ1) is 12.9. The van der Waals surface area contributed by atoms with Crippen molar-refractivity contribution in [3.05, 3.63) is 82.0 Å². The molecule has 0 aliphatic heterocycles. The van der Waals surface area contributed by atoms with Gasteiger partial charge >= 0.3 is 0 Å². The Balaban J connectivity index is 1.76. The number of rotatable bonds is 6. The lowest BCUT2D eigenvalue weighted by Gasteiger charge is -2.17. The number of carbonyl (C=O) groups is 1. The van der Waals surface area contributed by atoms with E-state index in [9.17, 15) is 13.2 Å². The summed E-state index contributed by atoms with van der Waals surface area (Å²) in [5.41, 5.74) is 1.66. The van der Waals surface area contributed by atoms with E-state index in [1.165, 1.54) is 12.1 Å². The highest BCUT2D eigenvalue weighted by Crippen LogP contribution is 2.22. The molecule has 0 fully saturated rings. The number of benzene rings is 2. The molecule has 27 heavy (non-hydrogen) atoms. The molecule has 0 unspecified atom stereocenters. The van der Waals surface area contributed by atoms with Crippen molar-refractivity contribution in [3.8, 4) is 0 Å². The fourth-order valence-electron chi connectivity index (χ4n) is 2.64. The average molecular weight is 401 g/mol. The van der Waals surface area contributed by atoms with Crippen molar-refractivity contribution in [3.63, 3.8) is 0 Å². The zero-order chi connectivity index (χ0) is 19.4. The summed E-state index contributed by atoms with van der Waals surface area (Å²) in [6, 6.07) is 17.1. The predicted molar refractivity (Wildman–Crippen MR) is 109 cm³/mol. The maximum absolute atomic E-state index is 12.6. The maximum atomic E-state index is 12.6. The largest absolute Gasteiger partial charge is 0.337 e. The first kappa shape index (κ1) is 19.1. The highest BCUT2D eigenvalue weighted by atomic mass is 32.2. The van der Waals surface area contributed by atoms with Crippen LogP contribution in [0.3, 0.4) is 0 Å². The van der Waals surface area contributed by atoms with Crippen LogP contribution in [0.1, 0.15) is 20.8 Å². The highest BCUT2D eigenvalue weighted by Gasteiger charge is 2.17. The molecule has 140 valence electrons. The molecule has 2 aromatic carbocycles. The quantitative estimate of drug-likeness (QED) is 0.677. The molecule has 3 rings (SSSR count). The minimum absolute atomic E-state index is 0.107. The molecule has 0 aliphatic rings. The first-order valence-corrected chi connectivity index (χ1v) is 10.7. The second kappa shape index (κ2) is 7.94. The number of nitrogens with zero attached hydrogens (tertiary/aromatic N) is 1. The van der Waals surface area contributed by atoms with Crippen LogP contribution >= 0.6 is 11.3 Å². The average Bonchev–Trinajstić information content (AvgIpc) is 3.16. The fraction of sp³-hybridized carbons (Fsp3) is 0.150. The van der Waals surface area contributed by atoms with E-state index >= 15 is 0 Å². The van der Waals surface area contributed by atoms with Gasteiger partial charge in [-0.3, -0.25) is 9.52 Å². The SMILES string of the molecule is Cc1cc(C(=O)N(C)Cc2cccs2)ccc1NS(=O)(=O)c1ccccc1. The Morgan fingerprint density at radius 3 is 2.44 bits per heavy atom. The monoisotopic (exact) mass is 400 g/mol. The molecule has 3 aromatic rings. The number of hydrogen-bond acceptors (Lipinski definition) is 4. The number of sulfonamides is 1. The third kappa shape index (κ3) is 4.56. The van der Waals surface area contributed by atoms with Crippen molar-refractivity contribution in [2.24, 2.45) is 0 Å². The van der Waals surface area contributed by atoms with Crippen molar-refractivity contribution in [2.75, 3.05) is 11.8 Å². The van der Waals surface area contributed by atoms with Crippen LogP contribution in [-0.4, -0.2) is 26.3 Å². The van der Waals surface area contributed by atoms with Gasteiger partial charge in [-0.2, -0.15) is 0 Å². The first-order valence-electron chi connectivity index (χ1n) is 8.33. The van der Waals surface area contributed by atoms with E-state index in [0.717, 1.165) is 4.88 Å². The van der Waals surface area contributed by atoms with E-state index in [-0.39, 0.29) is 10.8 Å². The fourth-order valence-corrected chi connectivity index (χ4v) is 4.55. The maximum Gasteiger partial charge on any atom is 0.261 e. The lowest BCUT2D eigenvalue weighted by molar-refractivity contribution is 0.0786. The summed E-state index contributed by atoms with van der Waals surface area (Å²) >= 11 is 1.60. The zero-order valence-corrected chi connectivity index (χ0v) is 16.7. The van der Waals surface area contributed by atoms with E-state index in [1.54, 1.807) is 66.6 Å². The summed E-state index contributed by atoms with van der Waals surface area (Å²) in [5, 5.41) is 1.98. The summed E-state index contributed by atoms with van der Waals surface area (Å²) in [5.74, 6) is -0.107. The highest BCUT2D eigenvalue weighted by molar-refractivity contribution is 7.92. The van der Waals surface area contributed by atoms with Crippen molar-refractivity contribution in [2.45, 2.75) is 18.4 Å². The topological polar surface area (TPSA) is 66.5 Å². The van der Waals surface area contributed by atoms with Gasteiger partial charge in [-0.25, -0.2) is 8.42 Å². The third-order valence-corrected chi connectivity index (χ3v) is 6.33. The molecule has 0 radical (unpaired) electrons. The molecule has 1 N–H and O–H groups in total. The van der Waals surface area contributed by atoms with Crippen LogP contribution in [0, 0.1) is 6.92 Å². The Kier molecular flexibility index (Phi) is 5.62. The smallest absolute Gasteiger partial charge is 0.261 e. The van der Waals surface area contributed by atoms with Gasteiger partial charge in [0, 0.05) is 17.5 Å². The van der Waals surface area contributed by atoms with Crippen LogP contribution < -0.4 is 4.72 Å². The number of nitrogens with one attached hydrogen (secondary N) is 1. The molecule has 7 heteroatoms. The molecule has 1 aromatic heterocycles. The Hall–Kier alpha value is -2.64. The van der Waals surface area contributed by atoms with Gasteiger partial charge < -0.3 is 4.90 Å². The van der Waals surface area contributed by atoms with Gasteiger partial charge in [-0.05, 0) is 54.3 Å². The zero-order valence-electron chi connectivity index (χ0n) is 15.0. The van der Waals surface area contributed by atoms with Crippen molar-refractivity contribution < 1.29 is 13.2 Å². The molecule has 5 nitrogen and oxygen atoms in total. The molecular formula is C20H20N2O3S2.